The Morgan fingerprint density at radius 2 is 1.00 bits per heavy atom. The summed E-state index contributed by atoms with van der Waals surface area (Å²) in [6.07, 6.45) is 1.66. The zero-order chi connectivity index (χ0) is 30.0. The van der Waals surface area contributed by atoms with Gasteiger partial charge in [0.1, 0.15) is 11.8 Å². The topological polar surface area (TPSA) is 49.6 Å². The molecule has 7 aromatic rings. The maximum atomic E-state index is 9.39. The van der Waals surface area contributed by atoms with Crippen molar-refractivity contribution in [1.82, 2.24) is 9.97 Å². The molecule has 0 fully saturated rings. The molecule has 2 aromatic heterocycles. The lowest BCUT2D eigenvalue weighted by atomic mass is 9.70. The molecule has 0 radical (unpaired) electrons. The van der Waals surface area contributed by atoms with Crippen LogP contribution in [0, 0.1) is 11.3 Å². The Hall–Kier alpha value is -6.11. The SMILES string of the molecule is N#Cc1cc(-c2cccc(-c3ccc4c(c3)C3(c5ccccc5-c5ccccc53)c3cc(-c5ccccc5)ccc3-4)n2)ccn1. The second-order valence-corrected chi connectivity index (χ2v) is 11.7. The van der Waals surface area contributed by atoms with E-state index in [9.17, 15) is 5.26 Å². The van der Waals surface area contributed by atoms with Gasteiger partial charge in [0, 0.05) is 17.3 Å². The molecule has 0 saturated carbocycles. The van der Waals surface area contributed by atoms with Gasteiger partial charge >= 0.3 is 0 Å². The minimum atomic E-state index is -0.455. The third kappa shape index (κ3) is 3.63. The summed E-state index contributed by atoms with van der Waals surface area (Å²) in [5.41, 5.74) is 16.3. The molecule has 2 aliphatic carbocycles. The number of nitriles is 1. The Labute approximate surface area is 261 Å². The number of benzene rings is 5. The number of hydrogen-bond acceptors (Lipinski definition) is 3. The van der Waals surface area contributed by atoms with Gasteiger partial charge in [0.05, 0.1) is 16.8 Å². The van der Waals surface area contributed by atoms with E-state index in [0.29, 0.717) is 5.69 Å². The van der Waals surface area contributed by atoms with Crippen LogP contribution in [-0.2, 0) is 5.41 Å². The summed E-state index contributed by atoms with van der Waals surface area (Å²) in [7, 11) is 0. The van der Waals surface area contributed by atoms with Crippen molar-refractivity contribution in [3.8, 4) is 62.0 Å². The zero-order valence-corrected chi connectivity index (χ0v) is 24.3. The van der Waals surface area contributed by atoms with Gasteiger partial charge in [-0.2, -0.15) is 5.26 Å². The van der Waals surface area contributed by atoms with Crippen LogP contribution >= 0.6 is 0 Å². The fraction of sp³-hybridized carbons (Fsp3) is 0.0238. The van der Waals surface area contributed by atoms with E-state index in [0.717, 1.165) is 22.5 Å². The van der Waals surface area contributed by atoms with Crippen molar-refractivity contribution in [1.29, 1.82) is 5.26 Å². The number of aromatic nitrogens is 2. The molecule has 0 bridgehead atoms. The van der Waals surface area contributed by atoms with Crippen LogP contribution in [0.3, 0.4) is 0 Å². The molecule has 45 heavy (non-hydrogen) atoms. The molecular weight excluding hydrogens is 546 g/mol. The molecule has 3 nitrogen and oxygen atoms in total. The Morgan fingerprint density at radius 3 is 1.67 bits per heavy atom. The lowest BCUT2D eigenvalue weighted by molar-refractivity contribution is 0.794. The first-order valence-corrected chi connectivity index (χ1v) is 15.1. The number of rotatable bonds is 3. The summed E-state index contributed by atoms with van der Waals surface area (Å²) in [5, 5.41) is 9.39. The van der Waals surface area contributed by atoms with E-state index in [1.54, 1.807) is 12.3 Å². The zero-order valence-electron chi connectivity index (χ0n) is 24.3. The Balaban J connectivity index is 1.30. The van der Waals surface area contributed by atoms with E-state index in [2.05, 4.69) is 132 Å². The summed E-state index contributed by atoms with van der Waals surface area (Å²) in [6.45, 7) is 0. The van der Waals surface area contributed by atoms with Crippen molar-refractivity contribution in [3.05, 3.63) is 180 Å². The predicted octanol–water partition coefficient (Wildman–Crippen LogP) is 9.69. The summed E-state index contributed by atoms with van der Waals surface area (Å²) in [6, 6.07) is 54.2. The maximum Gasteiger partial charge on any atom is 0.141 e. The molecule has 5 aromatic carbocycles. The van der Waals surface area contributed by atoms with Crippen LogP contribution in [0.25, 0.3) is 55.9 Å². The third-order valence-corrected chi connectivity index (χ3v) is 9.41. The van der Waals surface area contributed by atoms with Crippen LogP contribution in [0.15, 0.2) is 152 Å². The van der Waals surface area contributed by atoms with Gasteiger partial charge < -0.3 is 0 Å². The molecule has 2 heterocycles. The molecule has 3 heteroatoms. The smallest absolute Gasteiger partial charge is 0.141 e. The van der Waals surface area contributed by atoms with E-state index in [-0.39, 0.29) is 0 Å². The van der Waals surface area contributed by atoms with E-state index < -0.39 is 5.41 Å². The van der Waals surface area contributed by atoms with Gasteiger partial charge in [-0.25, -0.2) is 9.97 Å². The molecule has 0 saturated heterocycles. The number of nitrogens with zero attached hydrogens (tertiary/aromatic N) is 3. The summed E-state index contributed by atoms with van der Waals surface area (Å²) < 4.78 is 0. The van der Waals surface area contributed by atoms with Crippen LogP contribution in [0.4, 0.5) is 0 Å². The molecule has 0 N–H and O–H groups in total. The highest BCUT2D eigenvalue weighted by Gasteiger charge is 2.51. The third-order valence-electron chi connectivity index (χ3n) is 9.41. The Bertz CT molecular complexity index is 2300. The lowest BCUT2D eigenvalue weighted by Crippen LogP contribution is -2.26. The van der Waals surface area contributed by atoms with Crippen LogP contribution in [0.2, 0.25) is 0 Å². The van der Waals surface area contributed by atoms with Gasteiger partial charge in [0.15, 0.2) is 0 Å². The predicted molar refractivity (Wildman–Crippen MR) is 179 cm³/mol. The van der Waals surface area contributed by atoms with Gasteiger partial charge in [0.25, 0.3) is 0 Å². The van der Waals surface area contributed by atoms with Gasteiger partial charge in [-0.05, 0) is 92.0 Å². The minimum Gasteiger partial charge on any atom is -0.248 e. The monoisotopic (exact) mass is 571 g/mol. The average molecular weight is 572 g/mol. The fourth-order valence-electron chi connectivity index (χ4n) is 7.52. The number of pyridine rings is 2. The highest BCUT2D eigenvalue weighted by atomic mass is 14.7. The molecule has 0 aliphatic heterocycles. The van der Waals surface area contributed by atoms with E-state index in [4.69, 9.17) is 4.98 Å². The van der Waals surface area contributed by atoms with Crippen molar-refractivity contribution in [2.75, 3.05) is 0 Å². The van der Waals surface area contributed by atoms with Gasteiger partial charge in [0.2, 0.25) is 0 Å². The highest BCUT2D eigenvalue weighted by molar-refractivity contribution is 5.96. The number of hydrogen-bond donors (Lipinski definition) is 0. The Kier molecular flexibility index (Phi) is 5.48. The molecule has 0 atom stereocenters. The second kappa shape index (κ2) is 9.71. The van der Waals surface area contributed by atoms with Crippen LogP contribution < -0.4 is 0 Å². The first kappa shape index (κ1) is 25.4. The van der Waals surface area contributed by atoms with Gasteiger partial charge in [-0.3, -0.25) is 0 Å². The number of fused-ring (bicyclic) bond motifs is 10. The van der Waals surface area contributed by atoms with E-state index in [1.807, 2.05) is 18.2 Å². The molecule has 2 aliphatic rings. The van der Waals surface area contributed by atoms with Gasteiger partial charge in [-0.15, -0.1) is 0 Å². The first-order chi connectivity index (χ1) is 22.3. The van der Waals surface area contributed by atoms with Crippen LogP contribution in [-0.4, -0.2) is 9.97 Å². The normalized spacial score (nSPS) is 13.0. The molecular formula is C42H25N3. The van der Waals surface area contributed by atoms with Crippen molar-refractivity contribution in [3.63, 3.8) is 0 Å². The first-order valence-electron chi connectivity index (χ1n) is 15.1. The van der Waals surface area contributed by atoms with Crippen LogP contribution in [0.5, 0.6) is 0 Å². The molecule has 0 amide bonds. The Morgan fingerprint density at radius 1 is 0.444 bits per heavy atom. The highest BCUT2D eigenvalue weighted by Crippen LogP contribution is 2.63. The molecule has 0 unspecified atom stereocenters. The fourth-order valence-corrected chi connectivity index (χ4v) is 7.52. The van der Waals surface area contributed by atoms with Crippen LogP contribution in [0.1, 0.15) is 27.9 Å². The second-order valence-electron chi connectivity index (χ2n) is 11.7. The molecule has 1 spiro atoms. The lowest BCUT2D eigenvalue weighted by Gasteiger charge is -2.31. The minimum absolute atomic E-state index is 0.380. The van der Waals surface area contributed by atoms with E-state index >= 15 is 0 Å². The quantitative estimate of drug-likeness (QED) is 0.212. The molecule has 9 rings (SSSR count). The van der Waals surface area contributed by atoms with Crippen molar-refractivity contribution >= 4 is 0 Å². The van der Waals surface area contributed by atoms with Gasteiger partial charge in [-0.1, -0.05) is 109 Å². The summed E-state index contributed by atoms with van der Waals surface area (Å²) in [5.74, 6) is 0. The average Bonchev–Trinajstić information content (AvgIpc) is 3.59. The standard InChI is InChI=1S/C42H25N3/c43-26-31-23-30(21-22-44-31)41-16-8-15-40(45-41)29-18-20-35-34-19-17-28(27-9-2-1-3-10-27)24-38(34)42(39(35)25-29)36-13-6-4-11-32(36)33-12-5-7-14-37(33)42/h1-25H. The summed E-state index contributed by atoms with van der Waals surface area (Å²) in [4.78, 5) is 9.22. The maximum absolute atomic E-state index is 9.39. The summed E-state index contributed by atoms with van der Waals surface area (Å²) >= 11 is 0. The largest absolute Gasteiger partial charge is 0.248 e. The van der Waals surface area contributed by atoms with Crippen molar-refractivity contribution < 1.29 is 0 Å². The van der Waals surface area contributed by atoms with Crippen molar-refractivity contribution in [2.45, 2.75) is 5.41 Å². The molecule has 208 valence electrons. The van der Waals surface area contributed by atoms with Crippen molar-refractivity contribution in [2.24, 2.45) is 0 Å². The van der Waals surface area contributed by atoms with E-state index in [1.165, 1.54) is 55.6 Å².